The molecule has 1 unspecified atom stereocenters. The highest BCUT2D eigenvalue weighted by atomic mass is 79.9. The van der Waals surface area contributed by atoms with E-state index in [0.717, 1.165) is 0 Å². The Hall–Kier alpha value is -0.780. The Morgan fingerprint density at radius 2 is 1.86 bits per heavy atom. The minimum atomic E-state index is -0.600. The number of benzene rings is 1. The van der Waals surface area contributed by atoms with Crippen molar-refractivity contribution < 1.29 is 9.59 Å². The first-order valence-corrected chi connectivity index (χ1v) is 7.92. The van der Waals surface area contributed by atoms with Gasteiger partial charge in [0.05, 0.1) is 15.7 Å². The maximum absolute atomic E-state index is 12.7. The van der Waals surface area contributed by atoms with Crippen molar-refractivity contribution in [3.05, 3.63) is 26.7 Å². The van der Waals surface area contributed by atoms with Gasteiger partial charge in [-0.15, -0.1) is 0 Å². The van der Waals surface area contributed by atoms with Gasteiger partial charge in [0.15, 0.2) is 0 Å². The van der Waals surface area contributed by atoms with Crippen LogP contribution in [0.4, 0.5) is 5.69 Å². The summed E-state index contributed by atoms with van der Waals surface area (Å²) in [5.41, 5.74) is 0.0517. The fraction of sp³-hybridized carbons (Fsp3) is 0.429. The van der Waals surface area contributed by atoms with Crippen molar-refractivity contribution >= 4 is 56.6 Å². The molecular weight excluding hydrogens is 379 g/mol. The normalized spacial score (nSPS) is 19.7. The van der Waals surface area contributed by atoms with Gasteiger partial charge in [-0.1, -0.05) is 44.0 Å². The van der Waals surface area contributed by atoms with Gasteiger partial charge >= 0.3 is 0 Å². The molecule has 1 aromatic rings. The number of anilines is 1. The molecule has 1 heterocycles. The summed E-state index contributed by atoms with van der Waals surface area (Å²) in [6.07, 6.45) is 0. The van der Waals surface area contributed by atoms with E-state index in [4.69, 9.17) is 23.2 Å². The average molecular weight is 394 g/mol. The smallest absolute Gasteiger partial charge is 0.250 e. The van der Waals surface area contributed by atoms with Crippen molar-refractivity contribution in [3.63, 3.8) is 0 Å². The molecular formula is C14H15BrCl2N2O2. The molecule has 0 aliphatic carbocycles. The number of carbonyl (C=O) groups excluding carboxylic acids is 2. The second-order valence-electron chi connectivity index (χ2n) is 5.99. The average Bonchev–Trinajstić information content (AvgIpc) is 2.38. The van der Waals surface area contributed by atoms with Gasteiger partial charge < -0.3 is 5.32 Å². The zero-order valence-electron chi connectivity index (χ0n) is 11.8. The standard InChI is InChI=1S/C14H15BrCl2N2O2/c1-14(2,3)12-13(21)19(6-9(20)18-12)8-5-4-7(15)10(16)11(8)17/h4-5,12H,6H2,1-3H3,(H,18,20). The molecule has 0 spiro atoms. The molecule has 1 N–H and O–H groups in total. The Balaban J connectivity index is 2.46. The number of nitrogens with one attached hydrogen (secondary N) is 1. The Morgan fingerprint density at radius 1 is 1.24 bits per heavy atom. The molecule has 1 saturated heterocycles. The van der Waals surface area contributed by atoms with Crippen LogP contribution >= 0.6 is 39.1 Å². The molecule has 4 nitrogen and oxygen atoms in total. The van der Waals surface area contributed by atoms with Crippen LogP contribution < -0.4 is 10.2 Å². The van der Waals surface area contributed by atoms with Crippen LogP contribution in [0.2, 0.25) is 10.0 Å². The minimum absolute atomic E-state index is 0.0664. The van der Waals surface area contributed by atoms with Crippen LogP contribution in [0.1, 0.15) is 20.8 Å². The first-order chi connectivity index (χ1) is 9.62. The summed E-state index contributed by atoms with van der Waals surface area (Å²) in [6.45, 7) is 5.63. The number of hydrogen-bond donors (Lipinski definition) is 1. The topological polar surface area (TPSA) is 49.4 Å². The van der Waals surface area contributed by atoms with E-state index in [2.05, 4.69) is 21.2 Å². The molecule has 0 bridgehead atoms. The highest BCUT2D eigenvalue weighted by Gasteiger charge is 2.41. The van der Waals surface area contributed by atoms with Crippen molar-refractivity contribution in [1.29, 1.82) is 0 Å². The maximum atomic E-state index is 12.7. The number of amides is 2. The number of rotatable bonds is 1. The van der Waals surface area contributed by atoms with Gasteiger partial charge in [-0.05, 0) is 33.5 Å². The van der Waals surface area contributed by atoms with E-state index < -0.39 is 11.5 Å². The van der Waals surface area contributed by atoms with E-state index in [1.165, 1.54) is 4.90 Å². The van der Waals surface area contributed by atoms with Crippen LogP contribution in [0.15, 0.2) is 16.6 Å². The van der Waals surface area contributed by atoms with Gasteiger partial charge in [-0.2, -0.15) is 0 Å². The number of hydrogen-bond acceptors (Lipinski definition) is 2. The predicted molar refractivity (Wildman–Crippen MR) is 87.9 cm³/mol. The van der Waals surface area contributed by atoms with E-state index in [0.29, 0.717) is 15.2 Å². The molecule has 0 radical (unpaired) electrons. The first kappa shape index (κ1) is 16.6. The zero-order chi connectivity index (χ0) is 15.9. The van der Waals surface area contributed by atoms with E-state index in [9.17, 15) is 9.59 Å². The van der Waals surface area contributed by atoms with Gasteiger partial charge in [-0.3, -0.25) is 14.5 Å². The highest BCUT2D eigenvalue weighted by molar-refractivity contribution is 9.10. The summed E-state index contributed by atoms with van der Waals surface area (Å²) in [5, 5.41) is 3.31. The molecule has 1 fully saturated rings. The molecule has 1 aliphatic rings. The van der Waals surface area contributed by atoms with Gasteiger partial charge in [-0.25, -0.2) is 0 Å². The van der Waals surface area contributed by atoms with Crippen LogP contribution in [0.3, 0.4) is 0 Å². The molecule has 21 heavy (non-hydrogen) atoms. The molecule has 114 valence electrons. The van der Waals surface area contributed by atoms with Gasteiger partial charge in [0.25, 0.3) is 5.91 Å². The number of halogens is 3. The van der Waals surface area contributed by atoms with E-state index in [1.807, 2.05) is 20.8 Å². The summed E-state index contributed by atoms with van der Waals surface area (Å²) >= 11 is 15.6. The second kappa shape index (κ2) is 5.78. The quantitative estimate of drug-likeness (QED) is 0.740. The lowest BCUT2D eigenvalue weighted by Crippen LogP contribution is -2.62. The largest absolute Gasteiger partial charge is 0.342 e. The lowest BCUT2D eigenvalue weighted by atomic mass is 9.84. The molecule has 0 saturated carbocycles. The summed E-state index contributed by atoms with van der Waals surface area (Å²) in [5.74, 6) is -0.410. The number of nitrogens with zero attached hydrogens (tertiary/aromatic N) is 1. The molecule has 1 aromatic carbocycles. The predicted octanol–water partition coefficient (Wildman–Crippen LogP) is 3.63. The third-order valence-electron chi connectivity index (χ3n) is 3.29. The molecule has 1 atom stereocenters. The van der Waals surface area contributed by atoms with Gasteiger partial charge in [0.1, 0.15) is 12.6 Å². The molecule has 0 aromatic heterocycles. The Kier molecular flexibility index (Phi) is 4.57. The third kappa shape index (κ3) is 3.20. The van der Waals surface area contributed by atoms with Crippen molar-refractivity contribution in [2.24, 2.45) is 5.41 Å². The van der Waals surface area contributed by atoms with Crippen molar-refractivity contribution in [1.82, 2.24) is 5.32 Å². The molecule has 7 heteroatoms. The molecule has 1 aliphatic heterocycles. The zero-order valence-corrected chi connectivity index (χ0v) is 14.9. The van der Waals surface area contributed by atoms with Crippen LogP contribution in [0.5, 0.6) is 0 Å². The van der Waals surface area contributed by atoms with E-state index in [1.54, 1.807) is 12.1 Å². The maximum Gasteiger partial charge on any atom is 0.250 e. The van der Waals surface area contributed by atoms with Crippen LogP contribution in [0.25, 0.3) is 0 Å². The third-order valence-corrected chi connectivity index (χ3v) is 5.05. The lowest BCUT2D eigenvalue weighted by Gasteiger charge is -2.39. The summed E-state index contributed by atoms with van der Waals surface area (Å²) < 4.78 is 0.638. The Morgan fingerprint density at radius 3 is 2.43 bits per heavy atom. The van der Waals surface area contributed by atoms with Crippen molar-refractivity contribution in [3.8, 4) is 0 Å². The SMILES string of the molecule is CC(C)(C)C1NC(=O)CN(c2ccc(Br)c(Cl)c2Cl)C1=O. The minimum Gasteiger partial charge on any atom is -0.342 e. The highest BCUT2D eigenvalue weighted by Crippen LogP contribution is 2.39. The van der Waals surface area contributed by atoms with Gasteiger partial charge in [0.2, 0.25) is 5.91 Å². The fourth-order valence-electron chi connectivity index (χ4n) is 2.16. The van der Waals surface area contributed by atoms with Crippen LogP contribution in [0, 0.1) is 5.41 Å². The number of carbonyl (C=O) groups is 2. The van der Waals surface area contributed by atoms with Crippen molar-refractivity contribution in [2.45, 2.75) is 26.8 Å². The van der Waals surface area contributed by atoms with E-state index >= 15 is 0 Å². The Bertz CT molecular complexity index is 614. The van der Waals surface area contributed by atoms with E-state index in [-0.39, 0.29) is 23.4 Å². The molecule has 2 amide bonds. The van der Waals surface area contributed by atoms with Crippen LogP contribution in [-0.4, -0.2) is 24.4 Å². The van der Waals surface area contributed by atoms with Crippen molar-refractivity contribution in [2.75, 3.05) is 11.4 Å². The summed E-state index contributed by atoms with van der Waals surface area (Å²) in [4.78, 5) is 26.0. The summed E-state index contributed by atoms with van der Waals surface area (Å²) in [6, 6.07) is 2.78. The monoisotopic (exact) mass is 392 g/mol. The van der Waals surface area contributed by atoms with Gasteiger partial charge in [0, 0.05) is 4.47 Å². The second-order valence-corrected chi connectivity index (χ2v) is 7.60. The molecule has 2 rings (SSSR count). The first-order valence-electron chi connectivity index (χ1n) is 6.37. The summed E-state index contributed by atoms with van der Waals surface area (Å²) in [7, 11) is 0. The fourth-order valence-corrected chi connectivity index (χ4v) is 3.03. The Labute approximate surface area is 141 Å². The lowest BCUT2D eigenvalue weighted by molar-refractivity contribution is -0.133. The van der Waals surface area contributed by atoms with Crippen LogP contribution in [-0.2, 0) is 9.59 Å². The number of piperazine rings is 1.